The van der Waals surface area contributed by atoms with Crippen molar-refractivity contribution in [3.05, 3.63) is 81.3 Å². The summed E-state index contributed by atoms with van der Waals surface area (Å²) < 4.78 is 29.8. The van der Waals surface area contributed by atoms with Crippen LogP contribution in [0.4, 0.5) is 8.78 Å². The predicted molar refractivity (Wildman–Crippen MR) is 121 cm³/mol. The Balaban J connectivity index is 1.81. The van der Waals surface area contributed by atoms with Crippen LogP contribution in [0, 0.1) is 24.5 Å². The molecule has 3 aromatic rings. The summed E-state index contributed by atoms with van der Waals surface area (Å²) in [6.07, 6.45) is 3.69. The fourth-order valence-corrected chi connectivity index (χ4v) is 4.38. The summed E-state index contributed by atoms with van der Waals surface area (Å²) in [6, 6.07) is 10.2. The topological polar surface area (TPSA) is 63.1 Å². The number of carbonyl (C=O) groups is 1. The number of pyridine rings is 1. The van der Waals surface area contributed by atoms with Gasteiger partial charge in [0.05, 0.1) is 22.7 Å². The standard InChI is InChI=1S/C25H27F2N3O2/c1-3-13-28-30-15(2)21(19-11-6-12-20(27)22(19)25(30)32)24(31)29-23(16-7-4-8-16)17-9-5-10-18(26)14-17/h5-6,9-12,14,16,23,28H,3-4,7-8,13H2,1-2H3,(H,29,31)/t23-/m0/s1/i26-1. The quantitative estimate of drug-likeness (QED) is 0.556. The molecule has 7 heteroatoms. The van der Waals surface area contributed by atoms with Crippen LogP contribution in [0.1, 0.15) is 60.3 Å². The van der Waals surface area contributed by atoms with Gasteiger partial charge in [0, 0.05) is 11.9 Å². The minimum Gasteiger partial charge on any atom is -0.345 e. The Morgan fingerprint density at radius 3 is 2.59 bits per heavy atom. The van der Waals surface area contributed by atoms with Crippen molar-refractivity contribution in [2.24, 2.45) is 5.92 Å². The fourth-order valence-electron chi connectivity index (χ4n) is 4.38. The van der Waals surface area contributed by atoms with Crippen molar-refractivity contribution in [3.63, 3.8) is 0 Å². The zero-order chi connectivity index (χ0) is 22.8. The Labute approximate surface area is 185 Å². The minimum atomic E-state index is -0.672. The second kappa shape index (κ2) is 9.10. The third kappa shape index (κ3) is 3.99. The highest BCUT2D eigenvalue weighted by Crippen LogP contribution is 2.38. The van der Waals surface area contributed by atoms with Gasteiger partial charge in [0.2, 0.25) is 0 Å². The summed E-state index contributed by atoms with van der Waals surface area (Å²) in [6.45, 7) is 4.12. The van der Waals surface area contributed by atoms with Gasteiger partial charge in [0.1, 0.15) is 11.6 Å². The highest BCUT2D eigenvalue weighted by Gasteiger charge is 2.31. The van der Waals surface area contributed by atoms with Crippen LogP contribution in [0.2, 0.25) is 0 Å². The number of hydrogen-bond donors (Lipinski definition) is 2. The van der Waals surface area contributed by atoms with Crippen LogP contribution < -0.4 is 16.3 Å². The molecule has 4 rings (SSSR count). The average molecular weight is 439 g/mol. The number of amides is 1. The molecule has 32 heavy (non-hydrogen) atoms. The molecule has 168 valence electrons. The van der Waals surface area contributed by atoms with Gasteiger partial charge in [-0.15, -0.1) is 0 Å². The van der Waals surface area contributed by atoms with Crippen LogP contribution >= 0.6 is 0 Å². The average Bonchev–Trinajstić information content (AvgIpc) is 2.72. The molecule has 1 aromatic heterocycles. The molecule has 0 saturated heterocycles. The number of rotatable bonds is 7. The monoisotopic (exact) mass is 438 g/mol. The zero-order valence-corrected chi connectivity index (χ0v) is 18.3. The largest absolute Gasteiger partial charge is 0.345 e. The summed E-state index contributed by atoms with van der Waals surface area (Å²) in [4.78, 5) is 26.6. The lowest BCUT2D eigenvalue weighted by Gasteiger charge is -2.35. The van der Waals surface area contributed by atoms with Crippen molar-refractivity contribution in [3.8, 4) is 0 Å². The van der Waals surface area contributed by atoms with E-state index in [1.165, 1.54) is 28.9 Å². The Morgan fingerprint density at radius 2 is 1.94 bits per heavy atom. The molecule has 5 nitrogen and oxygen atoms in total. The van der Waals surface area contributed by atoms with Crippen molar-refractivity contribution in [1.82, 2.24) is 9.99 Å². The highest BCUT2D eigenvalue weighted by molar-refractivity contribution is 6.08. The number of hydrogen-bond acceptors (Lipinski definition) is 3. The van der Waals surface area contributed by atoms with Crippen LogP contribution in [0.5, 0.6) is 0 Å². The first-order valence-electron chi connectivity index (χ1n) is 11.1. The van der Waals surface area contributed by atoms with E-state index in [2.05, 4.69) is 10.7 Å². The Bertz CT molecular complexity index is 1220. The third-order valence-electron chi connectivity index (χ3n) is 6.26. The first kappa shape index (κ1) is 22.0. The van der Waals surface area contributed by atoms with Gasteiger partial charge in [-0.2, -0.15) is 0 Å². The highest BCUT2D eigenvalue weighted by atomic mass is 19.1. The van der Waals surface area contributed by atoms with Crippen LogP contribution in [0.15, 0.2) is 47.3 Å². The van der Waals surface area contributed by atoms with Gasteiger partial charge >= 0.3 is 0 Å². The Kier molecular flexibility index (Phi) is 6.26. The van der Waals surface area contributed by atoms with Crippen LogP contribution in [-0.4, -0.2) is 17.1 Å². The predicted octanol–water partition coefficient (Wildman–Crippen LogP) is 4.81. The van der Waals surface area contributed by atoms with Gasteiger partial charge < -0.3 is 10.7 Å². The van der Waals surface area contributed by atoms with E-state index < -0.39 is 17.3 Å². The van der Waals surface area contributed by atoms with Crippen LogP contribution in [-0.2, 0) is 0 Å². The number of nitrogens with zero attached hydrogens (tertiary/aromatic N) is 1. The number of nitrogens with one attached hydrogen (secondary N) is 2. The van der Waals surface area contributed by atoms with E-state index >= 15 is 0 Å². The number of fused-ring (bicyclic) bond motifs is 1. The summed E-state index contributed by atoms with van der Waals surface area (Å²) in [5.41, 5.74) is 3.81. The van der Waals surface area contributed by atoms with Crippen molar-refractivity contribution >= 4 is 16.7 Å². The molecular formula is C25H27F2N3O2. The second-order valence-electron chi connectivity index (χ2n) is 8.37. The molecular weight excluding hydrogens is 411 g/mol. The lowest BCUT2D eigenvalue weighted by atomic mass is 9.77. The molecule has 1 fully saturated rings. The summed E-state index contributed by atoms with van der Waals surface area (Å²) in [5.74, 6) is -1.24. The van der Waals surface area contributed by atoms with E-state index in [-0.39, 0.29) is 34.1 Å². The maximum absolute atomic E-state index is 14.7. The third-order valence-corrected chi connectivity index (χ3v) is 6.26. The lowest BCUT2D eigenvalue weighted by molar-refractivity contribution is 0.0900. The van der Waals surface area contributed by atoms with Crippen molar-refractivity contribution in [2.75, 3.05) is 12.0 Å². The molecule has 2 N–H and O–H groups in total. The molecule has 1 atom stereocenters. The molecule has 1 aliphatic rings. The zero-order valence-electron chi connectivity index (χ0n) is 18.3. The number of benzene rings is 2. The van der Waals surface area contributed by atoms with E-state index in [1.54, 1.807) is 25.1 Å². The summed E-state index contributed by atoms with van der Waals surface area (Å²) in [7, 11) is 0. The molecule has 0 radical (unpaired) electrons. The first-order chi connectivity index (χ1) is 15.4. The molecule has 1 saturated carbocycles. The van der Waals surface area contributed by atoms with Crippen molar-refractivity contribution in [1.29, 1.82) is 0 Å². The minimum absolute atomic E-state index is 0.127. The number of aromatic nitrogens is 1. The molecule has 0 bridgehead atoms. The Hall–Kier alpha value is -3.22. The van der Waals surface area contributed by atoms with Gasteiger partial charge in [-0.1, -0.05) is 37.6 Å². The van der Waals surface area contributed by atoms with E-state index in [9.17, 15) is 18.4 Å². The van der Waals surface area contributed by atoms with Gasteiger partial charge in [-0.05, 0) is 55.9 Å². The van der Waals surface area contributed by atoms with Gasteiger partial charge in [0.15, 0.2) is 0 Å². The fraction of sp³-hybridized carbons (Fsp3) is 0.360. The molecule has 2 aromatic carbocycles. The Morgan fingerprint density at radius 1 is 1.19 bits per heavy atom. The summed E-state index contributed by atoms with van der Waals surface area (Å²) in [5, 5.41) is 3.21. The van der Waals surface area contributed by atoms with Crippen molar-refractivity contribution in [2.45, 2.75) is 45.6 Å². The smallest absolute Gasteiger partial charge is 0.279 e. The molecule has 0 aliphatic heterocycles. The maximum Gasteiger partial charge on any atom is 0.279 e. The lowest BCUT2D eigenvalue weighted by Crippen LogP contribution is -2.39. The summed E-state index contributed by atoms with van der Waals surface area (Å²) >= 11 is 0. The van der Waals surface area contributed by atoms with Crippen LogP contribution in [0.25, 0.3) is 10.8 Å². The second-order valence-corrected chi connectivity index (χ2v) is 8.37. The molecule has 1 heterocycles. The van der Waals surface area contributed by atoms with E-state index in [0.717, 1.165) is 25.7 Å². The van der Waals surface area contributed by atoms with Crippen molar-refractivity contribution < 1.29 is 13.6 Å². The number of halogens is 2. The van der Waals surface area contributed by atoms with Gasteiger partial charge in [-0.3, -0.25) is 9.59 Å². The molecule has 0 spiro atoms. The van der Waals surface area contributed by atoms with E-state index in [1.807, 2.05) is 6.92 Å². The van der Waals surface area contributed by atoms with E-state index in [0.29, 0.717) is 17.8 Å². The van der Waals surface area contributed by atoms with Gasteiger partial charge in [-0.25, -0.2) is 13.5 Å². The SMILES string of the molecule is CCCNn1c(C)c(C(=O)N[C@H](c2cccc([18F])c2)C2CCC2)c2cccc(F)c2c1=O. The first-order valence-corrected chi connectivity index (χ1v) is 11.1. The molecule has 1 amide bonds. The normalized spacial score (nSPS) is 14.8. The van der Waals surface area contributed by atoms with E-state index in [4.69, 9.17) is 0 Å². The molecule has 0 unspecified atom stereocenters. The number of carbonyl (C=O) groups excluding carboxylic acids is 1. The van der Waals surface area contributed by atoms with Gasteiger partial charge in [0.25, 0.3) is 11.5 Å². The molecule has 1 aliphatic carbocycles. The van der Waals surface area contributed by atoms with Crippen LogP contribution in [0.3, 0.4) is 0 Å². The maximum atomic E-state index is 14.7.